The van der Waals surface area contributed by atoms with Gasteiger partial charge in [0.2, 0.25) is 5.91 Å². The first kappa shape index (κ1) is 19.2. The molecule has 0 aliphatic rings. The minimum atomic E-state index is -4.42. The van der Waals surface area contributed by atoms with Gasteiger partial charge in [-0.1, -0.05) is 19.1 Å². The highest BCUT2D eigenvalue weighted by molar-refractivity contribution is 7.71. The number of hydrogen-bond acceptors (Lipinski definition) is 3. The molecule has 1 aromatic carbocycles. The normalized spacial score (nSPS) is 12.8. The summed E-state index contributed by atoms with van der Waals surface area (Å²) in [5.41, 5.74) is -0.360. The topological polar surface area (TPSA) is 62.7 Å². The van der Waals surface area contributed by atoms with E-state index in [4.69, 9.17) is 12.2 Å². The minimum absolute atomic E-state index is 0.0338. The number of nitrogens with one attached hydrogen (secondary N) is 2. The first-order valence-corrected chi connectivity index (χ1v) is 8.23. The number of benzene rings is 1. The van der Waals surface area contributed by atoms with E-state index in [0.29, 0.717) is 22.6 Å². The first-order chi connectivity index (χ1) is 11.7. The maximum absolute atomic E-state index is 12.8. The number of aryl methyl sites for hydroxylation is 1. The third-order valence-electron chi connectivity index (χ3n) is 3.70. The Morgan fingerprint density at radius 3 is 2.80 bits per heavy atom. The smallest absolute Gasteiger partial charge is 0.348 e. The molecule has 0 aliphatic carbocycles. The fraction of sp³-hybridized carbons (Fsp3) is 0.438. The minimum Gasteiger partial charge on any atom is -0.348 e. The lowest BCUT2D eigenvalue weighted by Crippen LogP contribution is -2.30. The molecule has 0 unspecified atom stereocenters. The Kier molecular flexibility index (Phi) is 5.99. The fourth-order valence-corrected chi connectivity index (χ4v) is 2.64. The summed E-state index contributed by atoms with van der Waals surface area (Å²) >= 11 is 5.11. The number of alkyl halides is 3. The van der Waals surface area contributed by atoms with E-state index in [1.54, 1.807) is 17.6 Å². The highest BCUT2D eigenvalue weighted by Gasteiger charge is 2.30. The summed E-state index contributed by atoms with van der Waals surface area (Å²) < 4.78 is 40.3. The third kappa shape index (κ3) is 4.91. The van der Waals surface area contributed by atoms with E-state index in [1.807, 2.05) is 6.92 Å². The number of aromatic amines is 1. The molecule has 5 nitrogen and oxygen atoms in total. The molecule has 1 aromatic heterocycles. The molecule has 2 N–H and O–H groups in total. The summed E-state index contributed by atoms with van der Waals surface area (Å²) in [6.07, 6.45) is -2.90. The largest absolute Gasteiger partial charge is 0.416 e. The molecular formula is C16H19F3N4OS. The van der Waals surface area contributed by atoms with Gasteiger partial charge in [0.05, 0.1) is 11.6 Å². The van der Waals surface area contributed by atoms with E-state index < -0.39 is 17.8 Å². The molecule has 0 spiro atoms. The fourth-order valence-electron chi connectivity index (χ4n) is 2.43. The van der Waals surface area contributed by atoms with E-state index in [0.717, 1.165) is 18.6 Å². The van der Waals surface area contributed by atoms with Crippen molar-refractivity contribution in [2.24, 2.45) is 0 Å². The molecule has 2 aromatic rings. The van der Waals surface area contributed by atoms with Crippen LogP contribution in [0.1, 0.15) is 43.3 Å². The predicted molar refractivity (Wildman–Crippen MR) is 89.4 cm³/mol. The molecule has 25 heavy (non-hydrogen) atoms. The standard InChI is InChI=1S/C16H19F3N4OS/c1-3-5-13-21-22-15(25)23(13)9-14(24)20-10(2)11-6-4-7-12(8-11)16(17,18)19/h4,6-8,10H,3,5,9H2,1-2H3,(H,20,24)(H,22,25)/t10-/m1/s1. The zero-order valence-corrected chi connectivity index (χ0v) is 14.7. The molecule has 136 valence electrons. The summed E-state index contributed by atoms with van der Waals surface area (Å²) in [5, 5.41) is 9.42. The van der Waals surface area contributed by atoms with Crippen molar-refractivity contribution in [3.63, 3.8) is 0 Å². The van der Waals surface area contributed by atoms with Crippen LogP contribution in [0.25, 0.3) is 0 Å². The SMILES string of the molecule is CCCc1n[nH]c(=S)n1CC(=O)N[C@H](C)c1cccc(C(F)(F)F)c1. The second-order valence-electron chi connectivity index (χ2n) is 5.69. The van der Waals surface area contributed by atoms with Gasteiger partial charge in [-0.3, -0.25) is 14.5 Å². The van der Waals surface area contributed by atoms with Gasteiger partial charge in [0.1, 0.15) is 12.4 Å². The van der Waals surface area contributed by atoms with Crippen molar-refractivity contribution in [2.75, 3.05) is 0 Å². The Bertz CT molecular complexity index is 797. The number of hydrogen-bond donors (Lipinski definition) is 2. The Balaban J connectivity index is 2.08. The number of H-pyrrole nitrogens is 1. The maximum Gasteiger partial charge on any atom is 0.416 e. The average molecular weight is 372 g/mol. The van der Waals surface area contributed by atoms with Crippen LogP contribution in [0, 0.1) is 4.77 Å². The number of halogens is 3. The Hall–Kier alpha value is -2.16. The van der Waals surface area contributed by atoms with Crippen LogP contribution in [0.4, 0.5) is 13.2 Å². The van der Waals surface area contributed by atoms with E-state index in [1.165, 1.54) is 6.07 Å². The molecule has 1 heterocycles. The Labute approximate surface area is 148 Å². The Morgan fingerprint density at radius 1 is 1.44 bits per heavy atom. The van der Waals surface area contributed by atoms with Crippen molar-refractivity contribution < 1.29 is 18.0 Å². The summed E-state index contributed by atoms with van der Waals surface area (Å²) in [6, 6.07) is 4.35. The van der Waals surface area contributed by atoms with Gasteiger partial charge >= 0.3 is 6.18 Å². The van der Waals surface area contributed by atoms with Crippen molar-refractivity contribution in [3.8, 4) is 0 Å². The van der Waals surface area contributed by atoms with Gasteiger partial charge in [-0.2, -0.15) is 18.3 Å². The van der Waals surface area contributed by atoms with Gasteiger partial charge in [0.15, 0.2) is 4.77 Å². The lowest BCUT2D eigenvalue weighted by atomic mass is 10.0. The van der Waals surface area contributed by atoms with E-state index in [9.17, 15) is 18.0 Å². The van der Waals surface area contributed by atoms with Crippen LogP contribution in [0.5, 0.6) is 0 Å². The number of rotatable bonds is 6. The number of amides is 1. The third-order valence-corrected chi connectivity index (χ3v) is 4.02. The molecule has 0 bridgehead atoms. The second-order valence-corrected chi connectivity index (χ2v) is 6.08. The van der Waals surface area contributed by atoms with Gasteiger partial charge in [-0.25, -0.2) is 0 Å². The van der Waals surface area contributed by atoms with Crippen LogP contribution < -0.4 is 5.32 Å². The molecule has 1 atom stereocenters. The Morgan fingerprint density at radius 2 is 2.16 bits per heavy atom. The molecule has 9 heteroatoms. The molecule has 0 fully saturated rings. The van der Waals surface area contributed by atoms with Gasteiger partial charge in [0.25, 0.3) is 0 Å². The lowest BCUT2D eigenvalue weighted by molar-refractivity contribution is -0.137. The quantitative estimate of drug-likeness (QED) is 0.759. The van der Waals surface area contributed by atoms with Gasteiger partial charge < -0.3 is 5.32 Å². The molecular weight excluding hydrogens is 353 g/mol. The molecule has 1 amide bonds. The van der Waals surface area contributed by atoms with Crippen molar-refractivity contribution >= 4 is 18.1 Å². The van der Waals surface area contributed by atoms with Gasteiger partial charge in [-0.05, 0) is 43.3 Å². The van der Waals surface area contributed by atoms with E-state index >= 15 is 0 Å². The van der Waals surface area contributed by atoms with Gasteiger partial charge in [-0.15, -0.1) is 0 Å². The summed E-state index contributed by atoms with van der Waals surface area (Å²) in [4.78, 5) is 12.2. The molecule has 0 saturated carbocycles. The van der Waals surface area contributed by atoms with E-state index in [-0.39, 0.29) is 12.5 Å². The molecule has 2 rings (SSSR count). The van der Waals surface area contributed by atoms with Gasteiger partial charge in [0, 0.05) is 6.42 Å². The van der Waals surface area contributed by atoms with Crippen LogP contribution in [-0.2, 0) is 23.9 Å². The summed E-state index contributed by atoms with van der Waals surface area (Å²) in [7, 11) is 0. The number of carbonyl (C=O) groups excluding carboxylic acids is 1. The predicted octanol–water partition coefficient (Wildman–Crippen LogP) is 3.79. The molecule has 0 saturated heterocycles. The second kappa shape index (κ2) is 7.81. The number of nitrogens with zero attached hydrogens (tertiary/aromatic N) is 2. The number of carbonyl (C=O) groups is 1. The van der Waals surface area contributed by atoms with Crippen molar-refractivity contribution in [3.05, 3.63) is 46.0 Å². The van der Waals surface area contributed by atoms with Crippen LogP contribution >= 0.6 is 12.2 Å². The summed E-state index contributed by atoms with van der Waals surface area (Å²) in [6.45, 7) is 3.58. The van der Waals surface area contributed by atoms with Crippen molar-refractivity contribution in [2.45, 2.75) is 45.5 Å². The van der Waals surface area contributed by atoms with Crippen LogP contribution in [-0.4, -0.2) is 20.7 Å². The molecule has 0 radical (unpaired) electrons. The molecule has 0 aliphatic heterocycles. The zero-order chi connectivity index (χ0) is 18.6. The zero-order valence-electron chi connectivity index (χ0n) is 13.9. The highest BCUT2D eigenvalue weighted by Crippen LogP contribution is 2.30. The van der Waals surface area contributed by atoms with Crippen LogP contribution in [0.3, 0.4) is 0 Å². The lowest BCUT2D eigenvalue weighted by Gasteiger charge is -2.16. The first-order valence-electron chi connectivity index (χ1n) is 7.83. The van der Waals surface area contributed by atoms with E-state index in [2.05, 4.69) is 15.5 Å². The van der Waals surface area contributed by atoms with Crippen molar-refractivity contribution in [1.29, 1.82) is 0 Å². The van der Waals surface area contributed by atoms with Crippen LogP contribution in [0.2, 0.25) is 0 Å². The maximum atomic E-state index is 12.8. The van der Waals surface area contributed by atoms with Crippen LogP contribution in [0.15, 0.2) is 24.3 Å². The highest BCUT2D eigenvalue weighted by atomic mass is 32.1. The number of aromatic nitrogens is 3. The van der Waals surface area contributed by atoms with Crippen molar-refractivity contribution in [1.82, 2.24) is 20.1 Å². The monoisotopic (exact) mass is 372 g/mol. The summed E-state index contributed by atoms with van der Waals surface area (Å²) in [5.74, 6) is 0.328. The average Bonchev–Trinajstić information content (AvgIpc) is 2.87.